The molecule has 1 saturated heterocycles. The number of aromatic nitrogens is 3. The monoisotopic (exact) mass is 237 g/mol. The van der Waals surface area contributed by atoms with Gasteiger partial charge in [-0.15, -0.1) is 5.10 Å². The first kappa shape index (κ1) is 12.5. The standard InChI is InChI=1S/C12H23N5/c1-3-6-13-8-12-5-4-7-17(12)10-11-9-16(2)15-14-11/h9,12-13H,3-8,10H2,1-2H3. The zero-order valence-corrected chi connectivity index (χ0v) is 10.9. The first-order valence-electron chi connectivity index (χ1n) is 6.59. The lowest BCUT2D eigenvalue weighted by molar-refractivity contribution is 0.237. The van der Waals surface area contributed by atoms with Crippen LogP contribution in [0.15, 0.2) is 6.20 Å². The van der Waals surface area contributed by atoms with Crippen molar-refractivity contribution < 1.29 is 0 Å². The number of aryl methyl sites for hydroxylation is 1. The third-order valence-corrected chi connectivity index (χ3v) is 3.32. The minimum Gasteiger partial charge on any atom is -0.315 e. The highest BCUT2D eigenvalue weighted by atomic mass is 15.4. The Labute approximate surface area is 103 Å². The van der Waals surface area contributed by atoms with E-state index < -0.39 is 0 Å². The van der Waals surface area contributed by atoms with Crippen LogP contribution in [0.3, 0.4) is 0 Å². The lowest BCUT2D eigenvalue weighted by atomic mass is 10.2. The van der Waals surface area contributed by atoms with Crippen LogP contribution in [0, 0.1) is 0 Å². The van der Waals surface area contributed by atoms with Gasteiger partial charge in [0.1, 0.15) is 0 Å². The van der Waals surface area contributed by atoms with Gasteiger partial charge in [0.15, 0.2) is 0 Å². The van der Waals surface area contributed by atoms with Gasteiger partial charge in [-0.05, 0) is 32.4 Å². The van der Waals surface area contributed by atoms with Gasteiger partial charge in [0.05, 0.1) is 5.69 Å². The lowest BCUT2D eigenvalue weighted by Gasteiger charge is -2.23. The molecule has 0 saturated carbocycles. The molecule has 1 unspecified atom stereocenters. The number of hydrogen-bond acceptors (Lipinski definition) is 4. The van der Waals surface area contributed by atoms with Gasteiger partial charge in [-0.1, -0.05) is 12.1 Å². The summed E-state index contributed by atoms with van der Waals surface area (Å²) in [6.45, 7) is 6.56. The zero-order chi connectivity index (χ0) is 12.1. The molecule has 1 aromatic heterocycles. The van der Waals surface area contributed by atoms with Crippen molar-refractivity contribution in [1.29, 1.82) is 0 Å². The van der Waals surface area contributed by atoms with Crippen LogP contribution in [0.2, 0.25) is 0 Å². The number of likely N-dealkylation sites (tertiary alicyclic amines) is 1. The molecule has 2 rings (SSSR count). The Bertz CT molecular complexity index is 335. The second-order valence-corrected chi connectivity index (χ2v) is 4.85. The fourth-order valence-corrected chi connectivity index (χ4v) is 2.46. The fraction of sp³-hybridized carbons (Fsp3) is 0.833. The van der Waals surface area contributed by atoms with E-state index in [0.29, 0.717) is 6.04 Å². The van der Waals surface area contributed by atoms with Gasteiger partial charge in [-0.2, -0.15) is 0 Å². The molecule has 0 aliphatic carbocycles. The topological polar surface area (TPSA) is 46.0 Å². The Morgan fingerprint density at radius 2 is 2.41 bits per heavy atom. The highest BCUT2D eigenvalue weighted by molar-refractivity contribution is 4.94. The Kier molecular flexibility index (Phi) is 4.50. The van der Waals surface area contributed by atoms with Crippen molar-refractivity contribution in [2.45, 2.75) is 38.8 Å². The Balaban J connectivity index is 1.82. The molecule has 1 aromatic rings. The van der Waals surface area contributed by atoms with Gasteiger partial charge in [0.25, 0.3) is 0 Å². The SMILES string of the molecule is CCCNCC1CCCN1Cc1cn(C)nn1. The summed E-state index contributed by atoms with van der Waals surface area (Å²) in [5.41, 5.74) is 1.08. The van der Waals surface area contributed by atoms with E-state index in [4.69, 9.17) is 0 Å². The number of nitrogens with zero attached hydrogens (tertiary/aromatic N) is 4. The highest BCUT2D eigenvalue weighted by Crippen LogP contribution is 2.18. The van der Waals surface area contributed by atoms with E-state index in [1.807, 2.05) is 13.2 Å². The predicted molar refractivity (Wildman–Crippen MR) is 67.6 cm³/mol. The third-order valence-electron chi connectivity index (χ3n) is 3.32. The molecule has 2 heterocycles. The quantitative estimate of drug-likeness (QED) is 0.743. The summed E-state index contributed by atoms with van der Waals surface area (Å²) in [7, 11) is 1.92. The zero-order valence-electron chi connectivity index (χ0n) is 10.9. The van der Waals surface area contributed by atoms with Gasteiger partial charge in [-0.25, -0.2) is 0 Å². The van der Waals surface area contributed by atoms with Crippen LogP contribution in [0.4, 0.5) is 0 Å². The summed E-state index contributed by atoms with van der Waals surface area (Å²) in [5.74, 6) is 0. The van der Waals surface area contributed by atoms with Crippen LogP contribution < -0.4 is 5.32 Å². The van der Waals surface area contributed by atoms with E-state index in [-0.39, 0.29) is 0 Å². The van der Waals surface area contributed by atoms with Crippen molar-refractivity contribution in [1.82, 2.24) is 25.2 Å². The maximum Gasteiger partial charge on any atom is 0.0967 e. The Morgan fingerprint density at radius 1 is 1.53 bits per heavy atom. The minimum absolute atomic E-state index is 0.670. The minimum atomic E-state index is 0.670. The molecule has 0 spiro atoms. The predicted octanol–water partition coefficient (Wildman–Crippen LogP) is 0.779. The molecule has 5 heteroatoms. The number of nitrogens with one attached hydrogen (secondary N) is 1. The summed E-state index contributed by atoms with van der Waals surface area (Å²) in [4.78, 5) is 2.52. The molecule has 0 aromatic carbocycles. The molecule has 1 N–H and O–H groups in total. The molecular formula is C12H23N5. The Hall–Kier alpha value is -0.940. The first-order chi connectivity index (χ1) is 8.29. The molecule has 17 heavy (non-hydrogen) atoms. The molecule has 0 bridgehead atoms. The lowest BCUT2D eigenvalue weighted by Crippen LogP contribution is -2.37. The second kappa shape index (κ2) is 6.12. The molecule has 1 atom stereocenters. The summed E-state index contributed by atoms with van der Waals surface area (Å²) in [5, 5.41) is 11.7. The second-order valence-electron chi connectivity index (χ2n) is 4.85. The summed E-state index contributed by atoms with van der Waals surface area (Å²) < 4.78 is 1.77. The molecule has 0 radical (unpaired) electrons. The molecule has 0 amide bonds. The van der Waals surface area contributed by atoms with Gasteiger partial charge >= 0.3 is 0 Å². The molecule has 96 valence electrons. The maximum absolute atomic E-state index is 4.16. The van der Waals surface area contributed by atoms with Gasteiger partial charge in [0, 0.05) is 32.4 Å². The van der Waals surface area contributed by atoms with Crippen LogP contribution in [-0.4, -0.2) is 45.6 Å². The molecule has 5 nitrogen and oxygen atoms in total. The van der Waals surface area contributed by atoms with Crippen LogP contribution in [-0.2, 0) is 13.6 Å². The molecule has 1 fully saturated rings. The molecular weight excluding hydrogens is 214 g/mol. The summed E-state index contributed by atoms with van der Waals surface area (Å²) >= 11 is 0. The molecule has 1 aliphatic heterocycles. The first-order valence-corrected chi connectivity index (χ1v) is 6.59. The van der Waals surface area contributed by atoms with Crippen molar-refractivity contribution in [3.05, 3.63) is 11.9 Å². The van der Waals surface area contributed by atoms with Crippen molar-refractivity contribution in [3.8, 4) is 0 Å². The van der Waals surface area contributed by atoms with E-state index in [0.717, 1.165) is 25.3 Å². The van der Waals surface area contributed by atoms with E-state index >= 15 is 0 Å². The van der Waals surface area contributed by atoms with E-state index in [2.05, 4.69) is 27.5 Å². The maximum atomic E-state index is 4.16. The van der Waals surface area contributed by atoms with Crippen molar-refractivity contribution in [2.24, 2.45) is 7.05 Å². The normalized spacial score (nSPS) is 21.2. The highest BCUT2D eigenvalue weighted by Gasteiger charge is 2.24. The average Bonchev–Trinajstić information content (AvgIpc) is 2.90. The van der Waals surface area contributed by atoms with Crippen molar-refractivity contribution in [3.63, 3.8) is 0 Å². The number of rotatable bonds is 6. The van der Waals surface area contributed by atoms with Crippen molar-refractivity contribution in [2.75, 3.05) is 19.6 Å². The van der Waals surface area contributed by atoms with Gasteiger partial charge < -0.3 is 5.32 Å². The van der Waals surface area contributed by atoms with Crippen molar-refractivity contribution >= 4 is 0 Å². The fourth-order valence-electron chi connectivity index (χ4n) is 2.46. The van der Waals surface area contributed by atoms with Gasteiger partial charge in [0.2, 0.25) is 0 Å². The van der Waals surface area contributed by atoms with Crippen LogP contribution >= 0.6 is 0 Å². The van der Waals surface area contributed by atoms with E-state index in [1.165, 1.54) is 25.8 Å². The van der Waals surface area contributed by atoms with Crippen LogP contribution in [0.5, 0.6) is 0 Å². The van der Waals surface area contributed by atoms with E-state index in [1.54, 1.807) is 4.68 Å². The van der Waals surface area contributed by atoms with Crippen LogP contribution in [0.25, 0.3) is 0 Å². The van der Waals surface area contributed by atoms with E-state index in [9.17, 15) is 0 Å². The van der Waals surface area contributed by atoms with Crippen LogP contribution in [0.1, 0.15) is 31.9 Å². The summed E-state index contributed by atoms with van der Waals surface area (Å²) in [6, 6.07) is 0.670. The average molecular weight is 237 g/mol. The third kappa shape index (κ3) is 3.51. The largest absolute Gasteiger partial charge is 0.315 e. The summed E-state index contributed by atoms with van der Waals surface area (Å²) in [6.07, 6.45) is 5.82. The number of hydrogen-bond donors (Lipinski definition) is 1. The van der Waals surface area contributed by atoms with Gasteiger partial charge in [-0.3, -0.25) is 9.58 Å². The Morgan fingerprint density at radius 3 is 3.12 bits per heavy atom. The smallest absolute Gasteiger partial charge is 0.0967 e. The molecule has 1 aliphatic rings.